The first-order chi connectivity index (χ1) is 33.5. The number of aromatic nitrogens is 2. The number of phenols is 1. The van der Waals surface area contributed by atoms with Crippen molar-refractivity contribution in [2.24, 2.45) is 0 Å². The number of anilines is 1. The van der Waals surface area contributed by atoms with E-state index in [9.17, 15) is 29.4 Å². The van der Waals surface area contributed by atoms with Crippen molar-refractivity contribution in [3.8, 4) is 16.9 Å². The normalized spacial score (nSPS) is 15.8. The van der Waals surface area contributed by atoms with E-state index in [1.165, 1.54) is 11.0 Å². The van der Waals surface area contributed by atoms with Crippen LogP contribution in [-0.4, -0.2) is 58.9 Å². The molecule has 0 spiro atoms. The lowest BCUT2D eigenvalue weighted by molar-refractivity contribution is 0.132. The summed E-state index contributed by atoms with van der Waals surface area (Å²) in [5.74, 6) is -0.517. The van der Waals surface area contributed by atoms with Gasteiger partial charge in [0.15, 0.2) is 13.9 Å². The molecule has 14 nitrogen and oxygen atoms in total. The maximum atomic E-state index is 13.3. The number of H-pyrrole nitrogens is 1. The van der Waals surface area contributed by atoms with Crippen LogP contribution < -0.4 is 26.8 Å². The second kappa shape index (κ2) is 21.2. The number of nitrogens with zero attached hydrogens (tertiary/aromatic N) is 2. The molecule has 5 N–H and O–H groups in total. The number of rotatable bonds is 16. The Labute approximate surface area is 407 Å². The number of amides is 2. The average Bonchev–Trinajstić information content (AvgIpc) is 3.65. The van der Waals surface area contributed by atoms with Crippen molar-refractivity contribution in [2.75, 3.05) is 11.4 Å². The van der Waals surface area contributed by atoms with Crippen molar-refractivity contribution in [3.63, 3.8) is 0 Å². The standard InChI is InChI=1S/C55H61N5O9Si/c1-55(2,3)70(4,5)69-49(43-25-27-47(61)51-44(43)26-29-50(62)58-51)34-56-33-38-19-28-48-46(32-38)59(54(66)68-48)30-12-15-36-18-24-42(39-16-10-7-11-17-39)45(31-36)60(53(64)65)41-22-20-40(21-23-41)57-52(63)67-35-37-13-8-6-9-14-37/h6-19,24-29,31-32,40-41,49,56,61H,20-23,30,33-35H2,1-5H3,(H,57,63)(H,58,62)(H,64,65)/t40?,41?,49-/m0/s1. The molecule has 0 aliphatic heterocycles. The van der Waals surface area contributed by atoms with Gasteiger partial charge < -0.3 is 39.4 Å². The van der Waals surface area contributed by atoms with Crippen LogP contribution in [0.4, 0.5) is 15.3 Å². The summed E-state index contributed by atoms with van der Waals surface area (Å²) in [6.45, 7) is 12.2. The fourth-order valence-corrected chi connectivity index (χ4v) is 10.2. The molecule has 70 heavy (non-hydrogen) atoms. The van der Waals surface area contributed by atoms with Gasteiger partial charge in [-0.25, -0.2) is 14.4 Å². The molecule has 1 fully saturated rings. The molecule has 1 saturated carbocycles. The van der Waals surface area contributed by atoms with Crippen molar-refractivity contribution in [3.05, 3.63) is 171 Å². The highest BCUT2D eigenvalue weighted by atomic mass is 28.4. The van der Waals surface area contributed by atoms with Gasteiger partial charge in [-0.05, 0) is 102 Å². The predicted molar refractivity (Wildman–Crippen MR) is 277 cm³/mol. The van der Waals surface area contributed by atoms with Crippen molar-refractivity contribution in [1.82, 2.24) is 20.2 Å². The van der Waals surface area contributed by atoms with Crippen molar-refractivity contribution in [2.45, 2.75) is 102 Å². The molecular formula is C55H61N5O9Si. The van der Waals surface area contributed by atoms with Gasteiger partial charge in [0.1, 0.15) is 12.4 Å². The Kier molecular flexibility index (Phi) is 14.9. The number of carbonyl (C=O) groups is 2. The van der Waals surface area contributed by atoms with Crippen LogP contribution in [0, 0.1) is 0 Å². The summed E-state index contributed by atoms with van der Waals surface area (Å²) in [6, 6.07) is 36.7. The Morgan fingerprint density at radius 2 is 1.63 bits per heavy atom. The lowest BCUT2D eigenvalue weighted by atomic mass is 9.89. The van der Waals surface area contributed by atoms with Crippen LogP contribution in [0.1, 0.15) is 74.8 Å². The van der Waals surface area contributed by atoms with E-state index in [1.54, 1.807) is 22.8 Å². The number of carboxylic acid groups (broad SMARTS) is 1. The molecule has 2 amide bonds. The second-order valence-electron chi connectivity index (χ2n) is 19.5. The Morgan fingerprint density at radius 1 is 0.900 bits per heavy atom. The Bertz CT molecular complexity index is 3110. The smallest absolute Gasteiger partial charge is 0.420 e. The summed E-state index contributed by atoms with van der Waals surface area (Å²) in [4.78, 5) is 55.6. The highest BCUT2D eigenvalue weighted by Gasteiger charge is 2.40. The summed E-state index contributed by atoms with van der Waals surface area (Å²) in [6.07, 6.45) is 4.05. The summed E-state index contributed by atoms with van der Waals surface area (Å²) in [5, 5.41) is 28.6. The van der Waals surface area contributed by atoms with Gasteiger partial charge in [-0.2, -0.15) is 0 Å². The Hall–Kier alpha value is -7.20. The summed E-state index contributed by atoms with van der Waals surface area (Å²) >= 11 is 0. The number of pyridine rings is 1. The number of phenolic OH excluding ortho intramolecular Hbond substituents is 1. The minimum absolute atomic E-state index is 0.0134. The molecule has 0 bridgehead atoms. The van der Waals surface area contributed by atoms with E-state index in [2.05, 4.69) is 49.5 Å². The highest BCUT2D eigenvalue weighted by molar-refractivity contribution is 6.74. The SMILES string of the molecule is CC(C)(C)[Si](C)(C)O[C@@H](CNCc1ccc2oc(=O)n(CC=Cc3ccc(-c4ccccc4)c(N(C(=O)O)C4CCC(NC(=O)OCc5ccccc5)CC4)c3)c2c1)c1ccc(O)c2[nH]c(=O)ccc12. The number of aromatic amines is 1. The minimum atomic E-state index is -2.30. The van der Waals surface area contributed by atoms with Crippen LogP contribution in [0.5, 0.6) is 5.75 Å². The zero-order chi connectivity index (χ0) is 49.6. The van der Waals surface area contributed by atoms with Crippen molar-refractivity contribution >= 4 is 54.3 Å². The molecule has 15 heteroatoms. The third-order valence-electron chi connectivity index (χ3n) is 13.7. The molecule has 5 aromatic carbocycles. The molecule has 0 saturated heterocycles. The van der Waals surface area contributed by atoms with E-state index in [0.717, 1.165) is 33.4 Å². The number of ether oxygens (including phenoxy) is 1. The number of oxazole rings is 1. The van der Waals surface area contributed by atoms with Gasteiger partial charge in [-0.15, -0.1) is 0 Å². The van der Waals surface area contributed by atoms with Crippen molar-refractivity contribution in [1.29, 1.82) is 0 Å². The van der Waals surface area contributed by atoms with E-state index in [4.69, 9.17) is 13.6 Å². The number of hydrogen-bond acceptors (Lipinski definition) is 9. The molecule has 2 heterocycles. The zero-order valence-electron chi connectivity index (χ0n) is 40.2. The number of aromatic hydroxyl groups is 1. The fraction of sp³-hybridized carbons (Fsp3) is 0.309. The van der Waals surface area contributed by atoms with Gasteiger partial charge in [0, 0.05) is 48.7 Å². The monoisotopic (exact) mass is 963 g/mol. The number of nitrogens with one attached hydrogen (secondary N) is 3. The predicted octanol–water partition coefficient (Wildman–Crippen LogP) is 11.1. The summed E-state index contributed by atoms with van der Waals surface area (Å²) in [7, 11) is -2.30. The molecule has 1 atom stereocenters. The number of hydrogen-bond donors (Lipinski definition) is 5. The van der Waals surface area contributed by atoms with E-state index >= 15 is 0 Å². The van der Waals surface area contributed by atoms with Crippen LogP contribution in [0.2, 0.25) is 18.1 Å². The van der Waals surface area contributed by atoms with Gasteiger partial charge in [0.05, 0.1) is 22.8 Å². The average molecular weight is 964 g/mol. The van der Waals surface area contributed by atoms with Gasteiger partial charge >= 0.3 is 17.9 Å². The Balaban J connectivity index is 0.976. The van der Waals surface area contributed by atoms with Crippen LogP contribution in [0.25, 0.3) is 39.2 Å². The molecule has 8 rings (SSSR count). The molecule has 0 unspecified atom stereocenters. The van der Waals surface area contributed by atoms with Crippen LogP contribution in [0.15, 0.2) is 141 Å². The van der Waals surface area contributed by atoms with Gasteiger partial charge in [0.2, 0.25) is 5.56 Å². The molecule has 0 radical (unpaired) electrons. The first-order valence-electron chi connectivity index (χ1n) is 23.8. The highest BCUT2D eigenvalue weighted by Crippen LogP contribution is 2.41. The Morgan fingerprint density at radius 3 is 2.34 bits per heavy atom. The molecule has 2 aromatic heterocycles. The molecule has 1 aliphatic rings. The van der Waals surface area contributed by atoms with Gasteiger partial charge in [0.25, 0.3) is 0 Å². The zero-order valence-corrected chi connectivity index (χ0v) is 41.2. The van der Waals surface area contributed by atoms with E-state index in [-0.39, 0.29) is 41.6 Å². The number of allylic oxidation sites excluding steroid dienone is 1. The largest absolute Gasteiger partial charge is 0.506 e. The van der Waals surface area contributed by atoms with Gasteiger partial charge in [-0.3, -0.25) is 14.3 Å². The molecule has 7 aromatic rings. The van der Waals surface area contributed by atoms with E-state index in [1.807, 2.05) is 109 Å². The molecule has 364 valence electrons. The molecule has 1 aliphatic carbocycles. The first kappa shape index (κ1) is 49.2. The maximum Gasteiger partial charge on any atom is 0.420 e. The number of benzene rings is 5. The van der Waals surface area contributed by atoms with Crippen molar-refractivity contribution < 1.29 is 33.4 Å². The molecular weight excluding hydrogens is 903 g/mol. The quantitative estimate of drug-likeness (QED) is 0.0583. The van der Waals surface area contributed by atoms with E-state index < -0.39 is 32.4 Å². The third kappa shape index (κ3) is 11.4. The number of fused-ring (bicyclic) bond motifs is 2. The van der Waals surface area contributed by atoms with Crippen LogP contribution in [0.3, 0.4) is 0 Å². The summed E-state index contributed by atoms with van der Waals surface area (Å²) in [5.41, 5.74) is 6.75. The second-order valence-corrected chi connectivity index (χ2v) is 24.2. The third-order valence-corrected chi connectivity index (χ3v) is 18.1. The van der Waals surface area contributed by atoms with Crippen LogP contribution in [-0.2, 0) is 28.9 Å². The maximum absolute atomic E-state index is 13.3. The lowest BCUT2D eigenvalue weighted by Gasteiger charge is -2.39. The lowest BCUT2D eigenvalue weighted by Crippen LogP contribution is -2.46. The van der Waals surface area contributed by atoms with Gasteiger partial charge in [-0.1, -0.05) is 118 Å². The number of alkyl carbamates (subject to hydrolysis) is 1. The van der Waals surface area contributed by atoms with E-state index in [0.29, 0.717) is 66.5 Å². The summed E-state index contributed by atoms with van der Waals surface area (Å²) < 4.78 is 19.7. The fourth-order valence-electron chi connectivity index (χ4n) is 8.90. The number of carbonyl (C=O) groups excluding carboxylic acids is 1. The first-order valence-corrected chi connectivity index (χ1v) is 26.7. The van der Waals surface area contributed by atoms with Crippen LogP contribution >= 0.6 is 0 Å². The minimum Gasteiger partial charge on any atom is -0.506 e. The topological polar surface area (TPSA) is 188 Å².